The number of thiocarbonyl (C=S) groups is 1. The molecular weight excluding hydrogens is 422 g/mol. The molecule has 0 bridgehead atoms. The minimum Gasteiger partial charge on any atom is -0.457 e. The standard InChI is InChI=1S/C22H12ClN3O3S/c23-17-7-3-4-8-18(17)26-21(28)16(20(27)25-22(26)30)11-14-9-10-19(29-14)15-6-2-1-5-13(15)12-24/h1-11H,(H,25,27,30)/b16-11+. The predicted octanol–water partition coefficient (Wildman–Crippen LogP) is 4.30. The second kappa shape index (κ2) is 7.95. The molecule has 2 amide bonds. The molecule has 6 nitrogen and oxygen atoms in total. The van der Waals surface area contributed by atoms with Crippen LogP contribution in [0, 0.1) is 11.3 Å². The molecular formula is C22H12ClN3O3S. The number of halogens is 1. The van der Waals surface area contributed by atoms with Crippen molar-refractivity contribution in [1.29, 1.82) is 5.26 Å². The zero-order valence-electron chi connectivity index (χ0n) is 15.3. The third-order valence-electron chi connectivity index (χ3n) is 4.42. The van der Waals surface area contributed by atoms with Crippen LogP contribution in [0.5, 0.6) is 0 Å². The van der Waals surface area contributed by atoms with Gasteiger partial charge in [-0.15, -0.1) is 0 Å². The fraction of sp³-hybridized carbons (Fsp3) is 0. The van der Waals surface area contributed by atoms with Gasteiger partial charge in [0, 0.05) is 5.56 Å². The van der Waals surface area contributed by atoms with E-state index in [-0.39, 0.29) is 16.4 Å². The van der Waals surface area contributed by atoms with Crippen molar-refractivity contribution in [3.63, 3.8) is 0 Å². The summed E-state index contributed by atoms with van der Waals surface area (Å²) in [5.74, 6) is -0.528. The minimum absolute atomic E-state index is 0.0571. The van der Waals surface area contributed by atoms with E-state index in [2.05, 4.69) is 11.4 Å². The average Bonchev–Trinajstić information content (AvgIpc) is 3.21. The van der Waals surface area contributed by atoms with Gasteiger partial charge in [-0.2, -0.15) is 5.26 Å². The summed E-state index contributed by atoms with van der Waals surface area (Å²) in [6.07, 6.45) is 1.34. The van der Waals surface area contributed by atoms with Gasteiger partial charge < -0.3 is 4.42 Å². The zero-order chi connectivity index (χ0) is 21.3. The zero-order valence-corrected chi connectivity index (χ0v) is 16.8. The SMILES string of the molecule is N#Cc1ccccc1-c1ccc(/C=C2\C(=O)NC(=S)N(c3ccccc3Cl)C2=O)o1. The lowest BCUT2D eigenvalue weighted by Crippen LogP contribution is -2.54. The number of amides is 2. The van der Waals surface area contributed by atoms with Crippen LogP contribution < -0.4 is 10.2 Å². The van der Waals surface area contributed by atoms with Gasteiger partial charge in [0.05, 0.1) is 22.3 Å². The van der Waals surface area contributed by atoms with Crippen molar-refractivity contribution in [3.8, 4) is 17.4 Å². The van der Waals surface area contributed by atoms with Crippen LogP contribution in [0.1, 0.15) is 11.3 Å². The second-order valence-corrected chi connectivity index (χ2v) is 7.06. The number of nitrogens with one attached hydrogen (secondary N) is 1. The molecule has 4 rings (SSSR count). The Labute approximate surface area is 182 Å². The molecule has 0 saturated carbocycles. The molecule has 1 aliphatic rings. The molecule has 3 aromatic rings. The fourth-order valence-electron chi connectivity index (χ4n) is 3.02. The molecule has 0 atom stereocenters. The van der Waals surface area contributed by atoms with Crippen LogP contribution in [0.2, 0.25) is 5.02 Å². The Morgan fingerprint density at radius 2 is 1.80 bits per heavy atom. The Bertz CT molecular complexity index is 1270. The summed E-state index contributed by atoms with van der Waals surface area (Å²) < 4.78 is 5.77. The van der Waals surface area contributed by atoms with Crippen LogP contribution in [0.4, 0.5) is 5.69 Å². The first-order chi connectivity index (χ1) is 14.5. The molecule has 0 aliphatic carbocycles. The number of hydrogen-bond acceptors (Lipinski definition) is 5. The summed E-state index contributed by atoms with van der Waals surface area (Å²) in [5.41, 5.74) is 1.27. The van der Waals surface area contributed by atoms with Crippen molar-refractivity contribution in [3.05, 3.63) is 82.6 Å². The Hall–Kier alpha value is -3.73. The van der Waals surface area contributed by atoms with E-state index >= 15 is 0 Å². The van der Waals surface area contributed by atoms with E-state index in [0.717, 1.165) is 0 Å². The topological polar surface area (TPSA) is 86.3 Å². The highest BCUT2D eigenvalue weighted by Gasteiger charge is 2.35. The Balaban J connectivity index is 1.71. The van der Waals surface area contributed by atoms with Gasteiger partial charge in [-0.1, -0.05) is 35.9 Å². The molecule has 30 heavy (non-hydrogen) atoms. The van der Waals surface area contributed by atoms with Crippen molar-refractivity contribution in [2.24, 2.45) is 0 Å². The van der Waals surface area contributed by atoms with Gasteiger partial charge in [0.25, 0.3) is 11.8 Å². The number of nitriles is 1. The van der Waals surface area contributed by atoms with Crippen LogP contribution in [-0.2, 0) is 9.59 Å². The van der Waals surface area contributed by atoms with Gasteiger partial charge in [-0.3, -0.25) is 19.8 Å². The molecule has 1 saturated heterocycles. The maximum absolute atomic E-state index is 13.0. The number of rotatable bonds is 3. The lowest BCUT2D eigenvalue weighted by molar-refractivity contribution is -0.122. The molecule has 1 aromatic heterocycles. The first-order valence-corrected chi connectivity index (χ1v) is 9.53. The molecule has 2 heterocycles. The Kier molecular flexibility index (Phi) is 5.19. The fourth-order valence-corrected chi connectivity index (χ4v) is 3.52. The van der Waals surface area contributed by atoms with E-state index in [9.17, 15) is 14.9 Å². The number of nitrogens with zero attached hydrogens (tertiary/aromatic N) is 2. The molecule has 146 valence electrons. The number of anilines is 1. The van der Waals surface area contributed by atoms with Gasteiger partial charge >= 0.3 is 0 Å². The molecule has 2 aromatic carbocycles. The van der Waals surface area contributed by atoms with E-state index in [1.54, 1.807) is 60.7 Å². The quantitative estimate of drug-likeness (QED) is 0.378. The molecule has 8 heteroatoms. The molecule has 1 fully saturated rings. The van der Waals surface area contributed by atoms with Crippen molar-refractivity contribution >= 4 is 52.5 Å². The normalized spacial score (nSPS) is 15.3. The van der Waals surface area contributed by atoms with Crippen LogP contribution in [0.15, 0.2) is 70.7 Å². The first-order valence-electron chi connectivity index (χ1n) is 8.75. The summed E-state index contributed by atoms with van der Waals surface area (Å²) in [4.78, 5) is 26.6. The van der Waals surface area contributed by atoms with Crippen LogP contribution in [0.3, 0.4) is 0 Å². The van der Waals surface area contributed by atoms with E-state index < -0.39 is 11.8 Å². The van der Waals surface area contributed by atoms with E-state index in [1.165, 1.54) is 11.0 Å². The largest absolute Gasteiger partial charge is 0.457 e. The summed E-state index contributed by atoms with van der Waals surface area (Å²) in [6, 6.07) is 19.1. The maximum Gasteiger partial charge on any atom is 0.270 e. The predicted molar refractivity (Wildman–Crippen MR) is 117 cm³/mol. The number of benzene rings is 2. The summed E-state index contributed by atoms with van der Waals surface area (Å²) in [5, 5.41) is 12.0. The summed E-state index contributed by atoms with van der Waals surface area (Å²) in [6.45, 7) is 0. The second-order valence-electron chi connectivity index (χ2n) is 6.27. The highest BCUT2D eigenvalue weighted by molar-refractivity contribution is 7.80. The molecule has 1 N–H and O–H groups in total. The highest BCUT2D eigenvalue weighted by atomic mass is 35.5. The Morgan fingerprint density at radius 1 is 1.07 bits per heavy atom. The van der Waals surface area contributed by atoms with Crippen LogP contribution in [-0.4, -0.2) is 16.9 Å². The average molecular weight is 434 g/mol. The molecule has 0 unspecified atom stereocenters. The van der Waals surface area contributed by atoms with Gasteiger partial charge in [-0.25, -0.2) is 0 Å². The molecule has 0 radical (unpaired) electrons. The lowest BCUT2D eigenvalue weighted by atomic mass is 10.1. The third kappa shape index (κ3) is 3.50. The number of furan rings is 1. The molecule has 0 spiro atoms. The summed E-state index contributed by atoms with van der Waals surface area (Å²) in [7, 11) is 0. The third-order valence-corrected chi connectivity index (χ3v) is 5.03. The Morgan fingerprint density at radius 3 is 2.57 bits per heavy atom. The minimum atomic E-state index is -0.635. The van der Waals surface area contributed by atoms with Crippen molar-refractivity contribution < 1.29 is 14.0 Å². The van der Waals surface area contributed by atoms with Gasteiger partial charge in [0.15, 0.2) is 5.11 Å². The van der Waals surface area contributed by atoms with E-state index in [1.807, 2.05) is 0 Å². The van der Waals surface area contributed by atoms with E-state index in [0.29, 0.717) is 27.6 Å². The number of para-hydroxylation sites is 1. The maximum atomic E-state index is 13.0. The first kappa shape index (κ1) is 19.6. The smallest absolute Gasteiger partial charge is 0.270 e. The van der Waals surface area contributed by atoms with Gasteiger partial charge in [0.1, 0.15) is 17.1 Å². The van der Waals surface area contributed by atoms with Gasteiger partial charge in [0.2, 0.25) is 0 Å². The molecule has 1 aliphatic heterocycles. The highest BCUT2D eigenvalue weighted by Crippen LogP contribution is 2.30. The van der Waals surface area contributed by atoms with Crippen LogP contribution >= 0.6 is 23.8 Å². The van der Waals surface area contributed by atoms with E-state index in [4.69, 9.17) is 28.2 Å². The van der Waals surface area contributed by atoms with Gasteiger partial charge in [-0.05, 0) is 54.7 Å². The number of carbonyl (C=O) groups is 2. The number of carbonyl (C=O) groups excluding carboxylic acids is 2. The van der Waals surface area contributed by atoms with Crippen molar-refractivity contribution in [1.82, 2.24) is 5.32 Å². The van der Waals surface area contributed by atoms with Crippen molar-refractivity contribution in [2.45, 2.75) is 0 Å². The van der Waals surface area contributed by atoms with Crippen molar-refractivity contribution in [2.75, 3.05) is 4.90 Å². The number of hydrogen-bond donors (Lipinski definition) is 1. The van der Waals surface area contributed by atoms with Crippen LogP contribution in [0.25, 0.3) is 17.4 Å². The lowest BCUT2D eigenvalue weighted by Gasteiger charge is -2.29. The monoisotopic (exact) mass is 433 g/mol. The summed E-state index contributed by atoms with van der Waals surface area (Å²) >= 11 is 11.4.